The molecular weight excluding hydrogens is 316 g/mol. The molecule has 2 aliphatic heterocycles. The number of benzene rings is 1. The molecule has 0 aromatic heterocycles. The molecule has 7 heteroatoms. The van der Waals surface area contributed by atoms with Gasteiger partial charge in [-0.05, 0) is 5.56 Å². The Balaban J connectivity index is 1.35. The van der Waals surface area contributed by atoms with Crippen molar-refractivity contribution < 1.29 is 19.1 Å². The van der Waals surface area contributed by atoms with Crippen LogP contribution in [0.25, 0.3) is 0 Å². The number of likely N-dealkylation sites (tertiary alicyclic amines) is 1. The lowest BCUT2D eigenvalue weighted by atomic mass is 9.99. The number of rotatable bonds is 6. The van der Waals surface area contributed by atoms with Gasteiger partial charge in [-0.2, -0.15) is 0 Å². The molecule has 0 saturated carbocycles. The molecule has 0 aliphatic carbocycles. The lowest BCUT2D eigenvalue weighted by Crippen LogP contribution is -2.54. The summed E-state index contributed by atoms with van der Waals surface area (Å²) in [4.78, 5) is 37.8. The Morgan fingerprint density at radius 2 is 1.96 bits per heavy atom. The van der Waals surface area contributed by atoms with Crippen LogP contribution in [0, 0.1) is 5.92 Å². The molecule has 0 atom stereocenters. The molecule has 122 valence electrons. The Morgan fingerprint density at radius 1 is 1.22 bits per heavy atom. The van der Waals surface area contributed by atoms with Gasteiger partial charge < -0.3 is 9.64 Å². The number of nitrogens with zero attached hydrogens (tertiary/aromatic N) is 2. The van der Waals surface area contributed by atoms with E-state index in [2.05, 4.69) is 4.74 Å². The minimum atomic E-state index is -0.571. The van der Waals surface area contributed by atoms with Crippen LogP contribution >= 0.6 is 11.8 Å². The standard InChI is InChI=1S/C16H18N2O4S/c19-14-9-22-16(21)18(14)8-13-6-17(7-13)15(20)11-23-10-12-4-2-1-3-5-12/h1-5,13H,6-11H2. The van der Waals surface area contributed by atoms with Crippen LogP contribution in [0.2, 0.25) is 0 Å². The summed E-state index contributed by atoms with van der Waals surface area (Å²) in [7, 11) is 0. The minimum absolute atomic E-state index is 0.109. The molecule has 0 spiro atoms. The molecule has 0 radical (unpaired) electrons. The van der Waals surface area contributed by atoms with E-state index in [-0.39, 0.29) is 24.3 Å². The van der Waals surface area contributed by atoms with Crippen molar-refractivity contribution in [1.82, 2.24) is 9.80 Å². The van der Waals surface area contributed by atoms with Crippen molar-refractivity contribution in [2.45, 2.75) is 5.75 Å². The topological polar surface area (TPSA) is 66.9 Å². The van der Waals surface area contributed by atoms with E-state index in [1.807, 2.05) is 30.3 Å². The van der Waals surface area contributed by atoms with Gasteiger partial charge in [0.15, 0.2) is 6.61 Å². The van der Waals surface area contributed by atoms with Gasteiger partial charge in [-0.1, -0.05) is 30.3 Å². The fraction of sp³-hybridized carbons (Fsp3) is 0.438. The van der Waals surface area contributed by atoms with Gasteiger partial charge in [0.1, 0.15) is 0 Å². The van der Waals surface area contributed by atoms with Crippen molar-refractivity contribution in [1.29, 1.82) is 0 Å². The third kappa shape index (κ3) is 3.85. The van der Waals surface area contributed by atoms with Crippen LogP contribution in [0.4, 0.5) is 4.79 Å². The molecule has 2 aliphatic rings. The molecule has 1 aromatic carbocycles. The molecule has 0 bridgehead atoms. The lowest BCUT2D eigenvalue weighted by Gasteiger charge is -2.40. The smallest absolute Gasteiger partial charge is 0.417 e. The third-order valence-electron chi connectivity index (χ3n) is 3.93. The van der Waals surface area contributed by atoms with Gasteiger partial charge in [-0.15, -0.1) is 11.8 Å². The average Bonchev–Trinajstić information content (AvgIpc) is 2.82. The molecule has 2 saturated heterocycles. The Morgan fingerprint density at radius 3 is 2.61 bits per heavy atom. The SMILES string of the molecule is O=C(CSCc1ccccc1)N1CC(CN2C(=O)COC2=O)C1. The van der Waals surface area contributed by atoms with Crippen molar-refractivity contribution >= 4 is 29.7 Å². The quantitative estimate of drug-likeness (QED) is 0.786. The first-order valence-corrected chi connectivity index (χ1v) is 8.65. The fourth-order valence-corrected chi connectivity index (χ4v) is 3.51. The Labute approximate surface area is 138 Å². The summed E-state index contributed by atoms with van der Waals surface area (Å²) < 4.78 is 4.67. The van der Waals surface area contributed by atoms with Crippen LogP contribution in [-0.2, 0) is 20.1 Å². The summed E-state index contributed by atoms with van der Waals surface area (Å²) in [5.41, 5.74) is 1.21. The molecule has 1 aromatic rings. The summed E-state index contributed by atoms with van der Waals surface area (Å²) in [5, 5.41) is 0. The second kappa shape index (κ2) is 7.04. The van der Waals surface area contributed by atoms with E-state index < -0.39 is 6.09 Å². The minimum Gasteiger partial charge on any atom is -0.439 e. The first-order valence-electron chi connectivity index (χ1n) is 7.50. The van der Waals surface area contributed by atoms with Crippen LogP contribution in [-0.4, -0.2) is 59.7 Å². The highest BCUT2D eigenvalue weighted by Gasteiger charge is 2.38. The van der Waals surface area contributed by atoms with Gasteiger partial charge in [0, 0.05) is 31.3 Å². The number of hydrogen-bond acceptors (Lipinski definition) is 5. The molecule has 0 unspecified atom stereocenters. The maximum atomic E-state index is 12.1. The van der Waals surface area contributed by atoms with Crippen molar-refractivity contribution in [3.8, 4) is 0 Å². The molecule has 3 amide bonds. The lowest BCUT2D eigenvalue weighted by molar-refractivity contribution is -0.135. The summed E-state index contributed by atoms with van der Waals surface area (Å²) in [6.45, 7) is 1.38. The highest BCUT2D eigenvalue weighted by Crippen LogP contribution is 2.21. The monoisotopic (exact) mass is 334 g/mol. The summed E-state index contributed by atoms with van der Waals surface area (Å²) in [5.74, 6) is 1.24. The van der Waals surface area contributed by atoms with Crippen molar-refractivity contribution in [2.75, 3.05) is 32.0 Å². The molecule has 3 rings (SSSR count). The number of imide groups is 1. The van der Waals surface area contributed by atoms with E-state index in [1.54, 1.807) is 16.7 Å². The van der Waals surface area contributed by atoms with Crippen molar-refractivity contribution in [2.24, 2.45) is 5.92 Å². The highest BCUT2D eigenvalue weighted by molar-refractivity contribution is 7.99. The van der Waals surface area contributed by atoms with Crippen LogP contribution in [0.3, 0.4) is 0 Å². The summed E-state index contributed by atoms with van der Waals surface area (Å²) in [6.07, 6.45) is -0.571. The average molecular weight is 334 g/mol. The largest absolute Gasteiger partial charge is 0.439 e. The molecule has 6 nitrogen and oxygen atoms in total. The van der Waals surface area contributed by atoms with E-state index in [0.717, 1.165) is 10.7 Å². The molecule has 0 N–H and O–H groups in total. The predicted molar refractivity (Wildman–Crippen MR) is 85.7 cm³/mol. The maximum absolute atomic E-state index is 12.1. The van der Waals surface area contributed by atoms with Crippen molar-refractivity contribution in [3.05, 3.63) is 35.9 Å². The fourth-order valence-electron chi connectivity index (χ4n) is 2.63. The predicted octanol–water partition coefficient (Wildman–Crippen LogP) is 1.36. The number of carbonyl (C=O) groups is 3. The zero-order valence-corrected chi connectivity index (χ0v) is 13.5. The summed E-state index contributed by atoms with van der Waals surface area (Å²) in [6, 6.07) is 10.0. The van der Waals surface area contributed by atoms with E-state index in [4.69, 9.17) is 0 Å². The maximum Gasteiger partial charge on any atom is 0.417 e. The number of cyclic esters (lactones) is 1. The van der Waals surface area contributed by atoms with Crippen LogP contribution in [0.5, 0.6) is 0 Å². The Bertz CT molecular complexity index is 585. The normalized spacial score (nSPS) is 18.1. The molecule has 2 heterocycles. The van der Waals surface area contributed by atoms with Gasteiger partial charge in [0.25, 0.3) is 5.91 Å². The Kier molecular flexibility index (Phi) is 4.85. The van der Waals surface area contributed by atoms with Gasteiger partial charge in [0.05, 0.1) is 5.75 Å². The Hall–Kier alpha value is -2.02. The van der Waals surface area contributed by atoms with Gasteiger partial charge in [-0.25, -0.2) is 9.69 Å². The molecular formula is C16H18N2O4S. The number of amides is 3. The molecule has 2 fully saturated rings. The van der Waals surface area contributed by atoms with Gasteiger partial charge in [0.2, 0.25) is 5.91 Å². The zero-order valence-electron chi connectivity index (χ0n) is 12.6. The number of thioether (sulfide) groups is 1. The zero-order chi connectivity index (χ0) is 16.2. The number of carbonyl (C=O) groups excluding carboxylic acids is 3. The first-order chi connectivity index (χ1) is 11.1. The van der Waals surface area contributed by atoms with Gasteiger partial charge in [-0.3, -0.25) is 9.59 Å². The third-order valence-corrected chi connectivity index (χ3v) is 4.92. The second-order valence-corrected chi connectivity index (χ2v) is 6.69. The number of hydrogen-bond donors (Lipinski definition) is 0. The van der Waals surface area contributed by atoms with Crippen LogP contribution in [0.15, 0.2) is 30.3 Å². The highest BCUT2D eigenvalue weighted by atomic mass is 32.2. The van der Waals surface area contributed by atoms with E-state index in [0.29, 0.717) is 25.4 Å². The summed E-state index contributed by atoms with van der Waals surface area (Å²) >= 11 is 1.60. The second-order valence-electron chi connectivity index (χ2n) is 5.70. The first kappa shape index (κ1) is 15.9. The van der Waals surface area contributed by atoms with Gasteiger partial charge >= 0.3 is 6.09 Å². The van der Waals surface area contributed by atoms with E-state index >= 15 is 0 Å². The van der Waals surface area contributed by atoms with Crippen molar-refractivity contribution in [3.63, 3.8) is 0 Å². The van der Waals surface area contributed by atoms with Crippen LogP contribution in [0.1, 0.15) is 5.56 Å². The van der Waals surface area contributed by atoms with Crippen LogP contribution < -0.4 is 0 Å². The van der Waals surface area contributed by atoms with E-state index in [9.17, 15) is 14.4 Å². The van der Waals surface area contributed by atoms with E-state index in [1.165, 1.54) is 5.56 Å². The number of ether oxygens (including phenoxy) is 1. The molecule has 23 heavy (non-hydrogen) atoms.